The first-order valence-electron chi connectivity index (χ1n) is 8.52. The van der Waals surface area contributed by atoms with E-state index in [4.69, 9.17) is 20.8 Å². The molecule has 2 aromatic heterocycles. The van der Waals surface area contributed by atoms with Crippen molar-refractivity contribution in [1.29, 1.82) is 0 Å². The molecule has 138 valence electrons. The zero-order chi connectivity index (χ0) is 19.5. The highest BCUT2D eigenvalue weighted by molar-refractivity contribution is 6.34. The lowest BCUT2D eigenvalue weighted by atomic mass is 10.1. The number of nitrogens with zero attached hydrogens (tertiary/aromatic N) is 1. The monoisotopic (exact) mass is 391 g/mol. The number of ether oxygens (including phenoxy) is 1. The molecule has 4 rings (SSSR count). The van der Waals surface area contributed by atoms with Crippen LogP contribution < -0.4 is 0 Å². The number of halogens is 1. The number of carbonyl (C=O) groups excluding carboxylic acids is 2. The van der Waals surface area contributed by atoms with Gasteiger partial charge in [0, 0.05) is 10.9 Å². The molecule has 0 spiro atoms. The van der Waals surface area contributed by atoms with Crippen LogP contribution in [0.15, 0.2) is 77.4 Å². The van der Waals surface area contributed by atoms with Gasteiger partial charge in [-0.2, -0.15) is 0 Å². The third-order valence-electron chi connectivity index (χ3n) is 4.22. The molecule has 0 bridgehead atoms. The number of benzene rings is 2. The van der Waals surface area contributed by atoms with Gasteiger partial charge in [0.1, 0.15) is 5.69 Å². The number of Topliss-reactive ketones (excluding diaryl/α,β-unsaturated/α-hetero) is 1. The van der Waals surface area contributed by atoms with Gasteiger partial charge in [-0.25, -0.2) is 9.78 Å². The molecule has 0 saturated heterocycles. The van der Waals surface area contributed by atoms with Gasteiger partial charge < -0.3 is 9.15 Å². The summed E-state index contributed by atoms with van der Waals surface area (Å²) in [5.74, 6) is -0.456. The number of hydrogen-bond acceptors (Lipinski definition) is 5. The lowest BCUT2D eigenvalue weighted by Gasteiger charge is -2.09. The van der Waals surface area contributed by atoms with Crippen molar-refractivity contribution in [3.63, 3.8) is 0 Å². The van der Waals surface area contributed by atoms with Crippen LogP contribution in [-0.2, 0) is 4.74 Å². The minimum atomic E-state index is -0.619. The molecule has 28 heavy (non-hydrogen) atoms. The van der Waals surface area contributed by atoms with Crippen molar-refractivity contribution in [1.82, 2.24) is 4.98 Å². The Hall–Kier alpha value is -3.44. The molecule has 0 aliphatic carbocycles. The SMILES string of the molecule is O=C(COC(=O)c1cc(-c2ccco2)nc2ccccc12)c1ccccc1Cl. The summed E-state index contributed by atoms with van der Waals surface area (Å²) in [5.41, 5.74) is 1.76. The van der Waals surface area contributed by atoms with E-state index in [1.54, 1.807) is 54.6 Å². The van der Waals surface area contributed by atoms with E-state index in [1.807, 2.05) is 12.1 Å². The molecular formula is C22H14ClNO4. The highest BCUT2D eigenvalue weighted by Gasteiger charge is 2.18. The van der Waals surface area contributed by atoms with E-state index in [9.17, 15) is 9.59 Å². The Kier molecular flexibility index (Phi) is 4.91. The van der Waals surface area contributed by atoms with Crippen LogP contribution in [0.5, 0.6) is 0 Å². The van der Waals surface area contributed by atoms with Crippen LogP contribution in [0.3, 0.4) is 0 Å². The van der Waals surface area contributed by atoms with Gasteiger partial charge in [0.25, 0.3) is 0 Å². The zero-order valence-electron chi connectivity index (χ0n) is 14.6. The molecule has 4 aromatic rings. The Morgan fingerprint density at radius 2 is 1.75 bits per heavy atom. The average molecular weight is 392 g/mol. The predicted octanol–water partition coefficient (Wildman–Crippen LogP) is 5.19. The Balaban J connectivity index is 1.63. The number of carbonyl (C=O) groups is 2. The van der Waals surface area contributed by atoms with Crippen LogP contribution in [0.25, 0.3) is 22.4 Å². The number of furan rings is 1. The van der Waals surface area contributed by atoms with Crippen molar-refractivity contribution < 1.29 is 18.7 Å². The summed E-state index contributed by atoms with van der Waals surface area (Å²) in [6, 6.07) is 19.0. The smallest absolute Gasteiger partial charge is 0.339 e. The number of ketones is 1. The molecular weight excluding hydrogens is 378 g/mol. The zero-order valence-corrected chi connectivity index (χ0v) is 15.3. The number of esters is 1. The number of fused-ring (bicyclic) bond motifs is 1. The Labute approximate surface area is 165 Å². The molecule has 2 aromatic carbocycles. The average Bonchev–Trinajstić information content (AvgIpc) is 3.26. The second-order valence-electron chi connectivity index (χ2n) is 6.03. The van der Waals surface area contributed by atoms with Gasteiger partial charge in [-0.05, 0) is 36.4 Å². The van der Waals surface area contributed by atoms with E-state index < -0.39 is 12.6 Å². The Morgan fingerprint density at radius 3 is 2.54 bits per heavy atom. The summed E-state index contributed by atoms with van der Waals surface area (Å²) >= 11 is 6.03. The fraction of sp³-hybridized carbons (Fsp3) is 0.0455. The first-order chi connectivity index (χ1) is 13.6. The van der Waals surface area contributed by atoms with Crippen molar-refractivity contribution in [2.24, 2.45) is 0 Å². The number of rotatable bonds is 5. The van der Waals surface area contributed by atoms with Gasteiger partial charge in [0.15, 0.2) is 12.4 Å². The maximum absolute atomic E-state index is 12.7. The molecule has 0 fully saturated rings. The summed E-state index contributed by atoms with van der Waals surface area (Å²) in [6.45, 7) is -0.407. The highest BCUT2D eigenvalue weighted by Crippen LogP contribution is 2.26. The molecule has 0 aliphatic rings. The van der Waals surface area contributed by atoms with Crippen molar-refractivity contribution in [2.75, 3.05) is 6.61 Å². The first kappa shape index (κ1) is 17.9. The maximum atomic E-state index is 12.7. The van der Waals surface area contributed by atoms with Crippen LogP contribution in [0.4, 0.5) is 0 Å². The van der Waals surface area contributed by atoms with Crippen LogP contribution in [0, 0.1) is 0 Å². The second kappa shape index (κ2) is 7.66. The van der Waals surface area contributed by atoms with Crippen LogP contribution in [0.1, 0.15) is 20.7 Å². The molecule has 0 unspecified atom stereocenters. The largest absolute Gasteiger partial charge is 0.463 e. The number of aromatic nitrogens is 1. The molecule has 0 amide bonds. The molecule has 0 atom stereocenters. The van der Waals surface area contributed by atoms with E-state index in [-0.39, 0.29) is 5.78 Å². The summed E-state index contributed by atoms with van der Waals surface area (Å²) < 4.78 is 10.7. The van der Waals surface area contributed by atoms with E-state index in [1.165, 1.54) is 6.26 Å². The fourth-order valence-electron chi connectivity index (χ4n) is 2.87. The van der Waals surface area contributed by atoms with E-state index in [2.05, 4.69) is 4.98 Å². The molecule has 0 radical (unpaired) electrons. The van der Waals surface area contributed by atoms with Crippen molar-refractivity contribution in [3.05, 3.63) is 89.1 Å². The van der Waals surface area contributed by atoms with Gasteiger partial charge in [-0.15, -0.1) is 0 Å². The maximum Gasteiger partial charge on any atom is 0.339 e. The molecule has 5 nitrogen and oxygen atoms in total. The first-order valence-corrected chi connectivity index (χ1v) is 8.90. The number of pyridine rings is 1. The van der Waals surface area contributed by atoms with E-state index in [0.717, 1.165) is 0 Å². The normalized spacial score (nSPS) is 10.8. The topological polar surface area (TPSA) is 69.4 Å². The standard InChI is InChI=1S/C22H14ClNO4/c23-17-8-3-1-7-15(17)20(25)13-28-22(26)16-12-19(21-10-5-11-27-21)24-18-9-4-2-6-14(16)18/h1-12H,13H2. The lowest BCUT2D eigenvalue weighted by Crippen LogP contribution is -2.15. The summed E-state index contributed by atoms with van der Waals surface area (Å²) in [4.78, 5) is 29.6. The molecule has 0 N–H and O–H groups in total. The summed E-state index contributed by atoms with van der Waals surface area (Å²) in [6.07, 6.45) is 1.53. The third-order valence-corrected chi connectivity index (χ3v) is 4.55. The molecule has 0 saturated carbocycles. The van der Waals surface area contributed by atoms with Gasteiger partial charge in [-0.3, -0.25) is 4.79 Å². The minimum Gasteiger partial charge on any atom is -0.463 e. The van der Waals surface area contributed by atoms with Gasteiger partial charge in [0.05, 0.1) is 22.4 Å². The molecule has 6 heteroatoms. The lowest BCUT2D eigenvalue weighted by molar-refractivity contribution is 0.0476. The molecule has 2 heterocycles. The molecule has 0 aliphatic heterocycles. The van der Waals surface area contributed by atoms with Crippen LogP contribution in [0.2, 0.25) is 5.02 Å². The summed E-state index contributed by atoms with van der Waals surface area (Å²) in [5, 5.41) is 0.950. The van der Waals surface area contributed by atoms with Crippen LogP contribution in [-0.4, -0.2) is 23.3 Å². The van der Waals surface area contributed by atoms with Crippen molar-refractivity contribution in [3.8, 4) is 11.5 Å². The quantitative estimate of drug-likeness (QED) is 0.346. The minimum absolute atomic E-state index is 0.309. The van der Waals surface area contributed by atoms with Gasteiger partial charge in [0.2, 0.25) is 5.78 Å². The predicted molar refractivity (Wildman–Crippen MR) is 106 cm³/mol. The third kappa shape index (κ3) is 3.52. The number of para-hydroxylation sites is 1. The summed E-state index contributed by atoms with van der Waals surface area (Å²) in [7, 11) is 0. The van der Waals surface area contributed by atoms with Crippen molar-refractivity contribution in [2.45, 2.75) is 0 Å². The fourth-order valence-corrected chi connectivity index (χ4v) is 3.11. The highest BCUT2D eigenvalue weighted by atomic mass is 35.5. The number of hydrogen-bond donors (Lipinski definition) is 0. The second-order valence-corrected chi connectivity index (χ2v) is 6.44. The van der Waals surface area contributed by atoms with Gasteiger partial charge >= 0.3 is 5.97 Å². The van der Waals surface area contributed by atoms with Gasteiger partial charge in [-0.1, -0.05) is 41.9 Å². The van der Waals surface area contributed by atoms with E-state index >= 15 is 0 Å². The Bertz CT molecular complexity index is 1170. The van der Waals surface area contributed by atoms with Crippen LogP contribution >= 0.6 is 11.6 Å². The Morgan fingerprint density at radius 1 is 0.964 bits per heavy atom. The van der Waals surface area contributed by atoms with E-state index in [0.29, 0.717) is 38.5 Å². The van der Waals surface area contributed by atoms with Crippen molar-refractivity contribution >= 4 is 34.3 Å².